The van der Waals surface area contributed by atoms with Crippen molar-refractivity contribution in [1.82, 2.24) is 10.6 Å². The lowest BCUT2D eigenvalue weighted by molar-refractivity contribution is 0.00551. The first kappa shape index (κ1) is 36.2. The molecule has 0 saturated carbocycles. The molecule has 10 heteroatoms. The predicted molar refractivity (Wildman–Crippen MR) is 181 cm³/mol. The average Bonchev–Trinajstić information content (AvgIpc) is 3.06. The van der Waals surface area contributed by atoms with Gasteiger partial charge >= 0.3 is 12.2 Å². The highest BCUT2D eigenvalue weighted by atomic mass is 16.6. The molecule has 2 unspecified atom stereocenters. The van der Waals surface area contributed by atoms with Crippen molar-refractivity contribution in [2.24, 2.45) is 0 Å². The van der Waals surface area contributed by atoms with Crippen molar-refractivity contribution in [1.29, 1.82) is 0 Å². The van der Waals surface area contributed by atoms with Crippen LogP contribution in [0.5, 0.6) is 11.5 Å². The molecule has 2 N–H and O–H groups in total. The zero-order chi connectivity index (χ0) is 33.0. The number of carbonyl (C=O) groups excluding carboxylic acids is 2. The maximum Gasteiger partial charge on any atom is 0.407 e. The van der Waals surface area contributed by atoms with Gasteiger partial charge in [0, 0.05) is 34.6 Å². The summed E-state index contributed by atoms with van der Waals surface area (Å²) in [6, 6.07) is 15.5. The third kappa shape index (κ3) is 11.6. The van der Waals surface area contributed by atoms with Crippen molar-refractivity contribution in [3.05, 3.63) is 73.8 Å². The lowest BCUT2D eigenvalue weighted by Crippen LogP contribution is -2.35. The number of fused-ring (bicyclic) bond motifs is 2. The maximum absolute atomic E-state index is 12.5. The normalized spacial score (nSPS) is 12.2. The summed E-state index contributed by atoms with van der Waals surface area (Å²) in [5.41, 5.74) is 0. The topological polar surface area (TPSA) is 114 Å². The molecule has 0 spiro atoms. The third-order valence-electron chi connectivity index (χ3n) is 6.89. The molecule has 0 saturated heterocycles. The molecule has 0 radical (unpaired) electrons. The maximum atomic E-state index is 12.5. The fraction of sp³-hybridized carbons (Fsp3) is 0.444. The third-order valence-corrected chi connectivity index (χ3v) is 6.89. The first-order chi connectivity index (χ1) is 22.5. The van der Waals surface area contributed by atoms with Crippen LogP contribution in [0.25, 0.3) is 21.5 Å². The SMILES string of the molecule is C=CCOCC(COc1c2ccccc2c(OCC(COCC=C)OC(=O)NCCCC)c2ccccc12)OC(=O)NCCCC. The van der Waals surface area contributed by atoms with E-state index in [2.05, 4.69) is 37.6 Å². The van der Waals surface area contributed by atoms with Crippen LogP contribution >= 0.6 is 0 Å². The standard InChI is InChI=1S/C36H48N2O8/c1-5-9-19-37-35(39)45-27(23-41-21-7-3)25-43-33-29-15-11-13-17-31(29)34(32-18-14-12-16-30(32)33)44-26-28(24-42-22-8-4)46-36(40)38-20-10-6-2/h7-8,11-18,27-28H,3-6,9-10,19-26H2,1-2H3,(H,37,39)(H,38,40). The van der Waals surface area contributed by atoms with Gasteiger partial charge in [-0.3, -0.25) is 0 Å². The van der Waals surface area contributed by atoms with Gasteiger partial charge in [0.2, 0.25) is 0 Å². The van der Waals surface area contributed by atoms with Gasteiger partial charge in [0.1, 0.15) is 24.7 Å². The second kappa shape index (κ2) is 20.7. The number of ether oxygens (including phenoxy) is 6. The van der Waals surface area contributed by atoms with Gasteiger partial charge in [-0.2, -0.15) is 0 Å². The molecule has 3 aromatic rings. The van der Waals surface area contributed by atoms with Gasteiger partial charge in [0.25, 0.3) is 0 Å². The van der Waals surface area contributed by atoms with E-state index in [0.717, 1.165) is 47.2 Å². The molecule has 250 valence electrons. The number of rotatable bonds is 22. The van der Waals surface area contributed by atoms with E-state index in [9.17, 15) is 9.59 Å². The van der Waals surface area contributed by atoms with Crippen molar-refractivity contribution in [3.8, 4) is 11.5 Å². The van der Waals surface area contributed by atoms with Crippen LogP contribution in [-0.2, 0) is 18.9 Å². The van der Waals surface area contributed by atoms with Crippen LogP contribution in [0, 0.1) is 0 Å². The van der Waals surface area contributed by atoms with E-state index in [4.69, 9.17) is 28.4 Å². The Kier molecular flexibility index (Phi) is 16.3. The van der Waals surface area contributed by atoms with E-state index < -0.39 is 24.4 Å². The number of hydrogen-bond donors (Lipinski definition) is 2. The minimum atomic E-state index is -0.660. The predicted octanol–water partition coefficient (Wildman–Crippen LogP) is 6.95. The number of benzene rings is 3. The summed E-state index contributed by atoms with van der Waals surface area (Å²) in [7, 11) is 0. The minimum absolute atomic E-state index is 0.0657. The van der Waals surface area contributed by atoms with Gasteiger partial charge in [-0.05, 0) is 12.8 Å². The highest BCUT2D eigenvalue weighted by Crippen LogP contribution is 2.42. The summed E-state index contributed by atoms with van der Waals surface area (Å²) in [5, 5.41) is 8.80. The molecule has 3 rings (SSSR count). The summed E-state index contributed by atoms with van der Waals surface area (Å²) in [4.78, 5) is 24.9. The van der Waals surface area contributed by atoms with Crippen molar-refractivity contribution in [2.45, 2.75) is 51.7 Å². The molecule has 2 atom stereocenters. The summed E-state index contributed by atoms with van der Waals surface area (Å²) < 4.78 is 35.4. The first-order valence-electron chi connectivity index (χ1n) is 16.0. The Hall–Kier alpha value is -4.28. The summed E-state index contributed by atoms with van der Waals surface area (Å²) >= 11 is 0. The lowest BCUT2D eigenvalue weighted by atomic mass is 10.0. The highest BCUT2D eigenvalue weighted by Gasteiger charge is 2.22. The van der Waals surface area contributed by atoms with E-state index in [1.165, 1.54) is 0 Å². The molecule has 0 heterocycles. The molecule has 3 aromatic carbocycles. The molecule has 2 amide bonds. The quantitative estimate of drug-likeness (QED) is 0.0693. The largest absolute Gasteiger partial charge is 0.488 e. The van der Waals surface area contributed by atoms with Crippen LogP contribution in [0.2, 0.25) is 0 Å². The Balaban J connectivity index is 1.87. The van der Waals surface area contributed by atoms with Crippen molar-refractivity contribution < 1.29 is 38.0 Å². The summed E-state index contributed by atoms with van der Waals surface area (Å²) in [5.74, 6) is 1.25. The van der Waals surface area contributed by atoms with Crippen LogP contribution < -0.4 is 20.1 Å². The van der Waals surface area contributed by atoms with Gasteiger partial charge in [0.05, 0.1) is 26.4 Å². The molecular formula is C36H48N2O8. The number of alkyl carbamates (subject to hydrolysis) is 2. The highest BCUT2D eigenvalue weighted by molar-refractivity contribution is 6.11. The van der Waals surface area contributed by atoms with E-state index in [1.807, 2.05) is 48.5 Å². The van der Waals surface area contributed by atoms with Crippen molar-refractivity contribution >= 4 is 33.7 Å². The Bertz CT molecular complexity index is 1230. The van der Waals surface area contributed by atoms with Crippen LogP contribution in [0.15, 0.2) is 73.8 Å². The molecule has 0 aliphatic rings. The van der Waals surface area contributed by atoms with Crippen LogP contribution in [-0.4, -0.2) is 77.1 Å². The number of amides is 2. The molecular weight excluding hydrogens is 588 g/mol. The average molecular weight is 637 g/mol. The number of carbonyl (C=O) groups is 2. The number of hydrogen-bond acceptors (Lipinski definition) is 8. The van der Waals surface area contributed by atoms with E-state index in [1.54, 1.807) is 12.2 Å². The van der Waals surface area contributed by atoms with Gasteiger partial charge in [-0.25, -0.2) is 9.59 Å². The Morgan fingerprint density at radius 2 is 1.02 bits per heavy atom. The molecule has 0 fully saturated rings. The molecule has 46 heavy (non-hydrogen) atoms. The zero-order valence-corrected chi connectivity index (χ0v) is 27.1. The van der Waals surface area contributed by atoms with Gasteiger partial charge in [-0.1, -0.05) is 87.4 Å². The number of unbranched alkanes of at least 4 members (excludes halogenated alkanes) is 2. The lowest BCUT2D eigenvalue weighted by Gasteiger charge is -2.23. The minimum Gasteiger partial charge on any atom is -0.488 e. The van der Waals surface area contributed by atoms with Crippen LogP contribution in [0.1, 0.15) is 39.5 Å². The van der Waals surface area contributed by atoms with Crippen LogP contribution in [0.4, 0.5) is 9.59 Å². The second-order valence-corrected chi connectivity index (χ2v) is 10.6. The monoisotopic (exact) mass is 636 g/mol. The Morgan fingerprint density at radius 1 is 0.652 bits per heavy atom. The fourth-order valence-electron chi connectivity index (χ4n) is 4.63. The van der Waals surface area contributed by atoms with Crippen molar-refractivity contribution in [2.75, 3.05) is 52.7 Å². The Labute approximate surface area is 272 Å². The molecule has 0 aromatic heterocycles. The molecule has 0 aliphatic carbocycles. The van der Waals surface area contributed by atoms with Crippen molar-refractivity contribution in [3.63, 3.8) is 0 Å². The van der Waals surface area contributed by atoms with E-state index in [-0.39, 0.29) is 26.4 Å². The molecule has 0 aliphatic heterocycles. The zero-order valence-electron chi connectivity index (χ0n) is 27.1. The first-order valence-corrected chi connectivity index (χ1v) is 16.0. The number of nitrogens with one attached hydrogen (secondary N) is 2. The smallest absolute Gasteiger partial charge is 0.407 e. The van der Waals surface area contributed by atoms with E-state index >= 15 is 0 Å². The van der Waals surface area contributed by atoms with Gasteiger partial charge in [-0.15, -0.1) is 13.2 Å². The summed E-state index contributed by atoms with van der Waals surface area (Å²) in [6.07, 6.45) is 4.55. The van der Waals surface area contributed by atoms with Crippen LogP contribution in [0.3, 0.4) is 0 Å². The van der Waals surface area contributed by atoms with Gasteiger partial charge in [0.15, 0.2) is 12.2 Å². The Morgan fingerprint density at radius 3 is 1.35 bits per heavy atom. The van der Waals surface area contributed by atoms with Gasteiger partial charge < -0.3 is 39.1 Å². The second-order valence-electron chi connectivity index (χ2n) is 10.6. The fourth-order valence-corrected chi connectivity index (χ4v) is 4.63. The summed E-state index contributed by atoms with van der Waals surface area (Å²) in [6.45, 7) is 13.6. The molecule has 0 bridgehead atoms. The van der Waals surface area contributed by atoms with E-state index in [0.29, 0.717) is 37.8 Å². The molecule has 10 nitrogen and oxygen atoms in total.